The quantitative estimate of drug-likeness (QED) is 0.830. The molecule has 0 atom stereocenters. The van der Waals surface area contributed by atoms with Crippen LogP contribution in [-0.4, -0.2) is 30.6 Å². The number of anilines is 1. The van der Waals surface area contributed by atoms with Gasteiger partial charge < -0.3 is 15.4 Å². The van der Waals surface area contributed by atoms with Crippen molar-refractivity contribution in [1.29, 1.82) is 0 Å². The summed E-state index contributed by atoms with van der Waals surface area (Å²) in [6.45, 7) is 1.90. The zero-order valence-corrected chi connectivity index (χ0v) is 10.7. The number of ether oxygens (including phenoxy) is 1. The van der Waals surface area contributed by atoms with Gasteiger partial charge in [0.2, 0.25) is 0 Å². The molecule has 0 spiro atoms. The molecule has 4 nitrogen and oxygen atoms in total. The number of hydrogen-bond donors (Lipinski definition) is 1. The Balaban J connectivity index is 2.30. The van der Waals surface area contributed by atoms with Gasteiger partial charge in [0.05, 0.1) is 7.11 Å². The molecule has 0 saturated carbocycles. The van der Waals surface area contributed by atoms with Crippen molar-refractivity contribution < 1.29 is 4.74 Å². The van der Waals surface area contributed by atoms with Gasteiger partial charge in [-0.15, -0.1) is 0 Å². The normalized spacial score (nSPS) is 15.7. The summed E-state index contributed by atoms with van der Waals surface area (Å²) in [6.07, 6.45) is 0.948. The summed E-state index contributed by atoms with van der Waals surface area (Å²) in [5, 5.41) is 0.989. The molecule has 4 heteroatoms. The third kappa shape index (κ3) is 1.61. The molecule has 2 N–H and O–H groups in total. The van der Waals surface area contributed by atoms with E-state index < -0.39 is 0 Å². The largest absolute Gasteiger partial charge is 0.494 e. The van der Waals surface area contributed by atoms with E-state index in [2.05, 4.69) is 11.9 Å². The molecule has 94 valence electrons. The summed E-state index contributed by atoms with van der Waals surface area (Å²) in [5.41, 5.74) is 10.3. The maximum absolute atomic E-state index is 6.30. The highest BCUT2D eigenvalue weighted by molar-refractivity contribution is 5.95. The number of pyridine rings is 1. The lowest BCUT2D eigenvalue weighted by Gasteiger charge is -2.26. The fourth-order valence-corrected chi connectivity index (χ4v) is 2.57. The van der Waals surface area contributed by atoms with Crippen LogP contribution in [0.5, 0.6) is 5.75 Å². The summed E-state index contributed by atoms with van der Waals surface area (Å²) < 4.78 is 5.37. The molecular formula is C14H17N3O. The average molecular weight is 243 g/mol. The minimum Gasteiger partial charge on any atom is -0.494 e. The van der Waals surface area contributed by atoms with E-state index in [1.165, 1.54) is 5.56 Å². The van der Waals surface area contributed by atoms with Crippen LogP contribution >= 0.6 is 0 Å². The number of benzene rings is 1. The number of nitrogen functional groups attached to an aromatic ring is 1. The maximum atomic E-state index is 6.30. The first-order valence-corrected chi connectivity index (χ1v) is 6.13. The lowest BCUT2D eigenvalue weighted by molar-refractivity contribution is 0.311. The van der Waals surface area contributed by atoms with E-state index in [1.807, 2.05) is 18.2 Å². The van der Waals surface area contributed by atoms with Crippen LogP contribution in [0.3, 0.4) is 0 Å². The third-order valence-corrected chi connectivity index (χ3v) is 3.59. The van der Waals surface area contributed by atoms with Gasteiger partial charge in [-0.3, -0.25) is 0 Å². The Morgan fingerprint density at radius 2 is 2.22 bits per heavy atom. The van der Waals surface area contributed by atoms with Crippen molar-refractivity contribution in [2.45, 2.75) is 13.0 Å². The predicted octanol–water partition coefficient (Wildman–Crippen LogP) is 1.81. The number of nitrogens with zero attached hydrogens (tertiary/aromatic N) is 2. The fourth-order valence-electron chi connectivity index (χ4n) is 2.57. The number of nitrogens with two attached hydrogens (primary N) is 1. The van der Waals surface area contributed by atoms with E-state index in [9.17, 15) is 0 Å². The van der Waals surface area contributed by atoms with E-state index in [0.29, 0.717) is 0 Å². The van der Waals surface area contributed by atoms with Gasteiger partial charge >= 0.3 is 0 Å². The van der Waals surface area contributed by atoms with E-state index in [1.54, 1.807) is 7.11 Å². The predicted molar refractivity (Wildman–Crippen MR) is 72.7 cm³/mol. The smallest absolute Gasteiger partial charge is 0.145 e. The van der Waals surface area contributed by atoms with Gasteiger partial charge in [-0.25, -0.2) is 4.98 Å². The van der Waals surface area contributed by atoms with Crippen molar-refractivity contribution >= 4 is 16.6 Å². The second-order valence-corrected chi connectivity index (χ2v) is 4.79. The van der Waals surface area contributed by atoms with Crippen LogP contribution in [0.1, 0.15) is 11.3 Å². The molecule has 2 aromatic rings. The zero-order valence-electron chi connectivity index (χ0n) is 10.7. The molecule has 0 aliphatic carbocycles. The molecule has 0 bridgehead atoms. The van der Waals surface area contributed by atoms with Crippen LogP contribution in [0.15, 0.2) is 18.2 Å². The first-order chi connectivity index (χ1) is 8.70. The maximum Gasteiger partial charge on any atom is 0.145 e. The summed E-state index contributed by atoms with van der Waals surface area (Å²) in [6, 6.07) is 5.89. The molecule has 0 unspecified atom stereocenters. The Hall–Kier alpha value is -1.81. The van der Waals surface area contributed by atoms with E-state index in [4.69, 9.17) is 15.5 Å². The number of fused-ring (bicyclic) bond motifs is 2. The van der Waals surface area contributed by atoms with Crippen molar-refractivity contribution in [3.8, 4) is 5.75 Å². The standard InChI is InChI=1S/C14H17N3O/c1-17-7-6-11-10(8-17)13(15)9-4-3-5-12(18-2)14(9)16-11/h3-5H,6-8H2,1-2H3,(H2,15,16). The first-order valence-electron chi connectivity index (χ1n) is 6.13. The number of likely N-dealkylation sites (N-methyl/N-ethyl adjacent to an activating group) is 1. The molecule has 1 aromatic heterocycles. The first kappa shape index (κ1) is 11.3. The summed E-state index contributed by atoms with van der Waals surface area (Å²) in [4.78, 5) is 7.02. The van der Waals surface area contributed by atoms with Crippen LogP contribution in [0, 0.1) is 0 Å². The molecule has 18 heavy (non-hydrogen) atoms. The third-order valence-electron chi connectivity index (χ3n) is 3.59. The highest BCUT2D eigenvalue weighted by atomic mass is 16.5. The number of methoxy groups -OCH3 is 1. The van der Waals surface area contributed by atoms with Crippen molar-refractivity contribution in [3.63, 3.8) is 0 Å². The summed E-state index contributed by atoms with van der Waals surface area (Å²) >= 11 is 0. The van der Waals surface area contributed by atoms with Crippen molar-refractivity contribution in [2.75, 3.05) is 26.4 Å². The van der Waals surface area contributed by atoms with Gasteiger partial charge in [0.1, 0.15) is 11.3 Å². The SMILES string of the molecule is COc1cccc2c(N)c3c(nc12)CCN(C)C3. The number of para-hydroxylation sites is 1. The second kappa shape index (κ2) is 4.14. The number of aromatic nitrogens is 1. The van der Waals surface area contributed by atoms with Gasteiger partial charge in [0.15, 0.2) is 0 Å². The average Bonchev–Trinajstić information content (AvgIpc) is 2.39. The van der Waals surface area contributed by atoms with Gasteiger partial charge in [0.25, 0.3) is 0 Å². The summed E-state index contributed by atoms with van der Waals surface area (Å²) in [7, 11) is 3.78. The van der Waals surface area contributed by atoms with Crippen molar-refractivity contribution in [3.05, 3.63) is 29.5 Å². The van der Waals surface area contributed by atoms with Gasteiger partial charge in [-0.05, 0) is 13.1 Å². The van der Waals surface area contributed by atoms with Crippen molar-refractivity contribution in [2.24, 2.45) is 0 Å². The monoisotopic (exact) mass is 243 g/mol. The number of rotatable bonds is 1. The number of hydrogen-bond acceptors (Lipinski definition) is 4. The van der Waals surface area contributed by atoms with Gasteiger partial charge in [0, 0.05) is 41.8 Å². The lowest BCUT2D eigenvalue weighted by atomic mass is 10.0. The molecule has 1 aromatic carbocycles. The van der Waals surface area contributed by atoms with E-state index >= 15 is 0 Å². The summed E-state index contributed by atoms with van der Waals surface area (Å²) in [5.74, 6) is 0.793. The Labute approximate surface area is 106 Å². The Morgan fingerprint density at radius 3 is 3.00 bits per heavy atom. The highest BCUT2D eigenvalue weighted by Crippen LogP contribution is 2.33. The fraction of sp³-hybridized carbons (Fsp3) is 0.357. The molecule has 0 amide bonds. The topological polar surface area (TPSA) is 51.4 Å². The van der Waals surface area contributed by atoms with Crippen LogP contribution in [0.2, 0.25) is 0 Å². The minimum atomic E-state index is 0.793. The van der Waals surface area contributed by atoms with Crippen LogP contribution in [0.4, 0.5) is 5.69 Å². The molecule has 0 saturated heterocycles. The molecule has 0 fully saturated rings. The Bertz CT molecular complexity index is 610. The molecule has 3 rings (SSSR count). The van der Waals surface area contributed by atoms with Gasteiger partial charge in [-0.2, -0.15) is 0 Å². The molecule has 1 aliphatic heterocycles. The highest BCUT2D eigenvalue weighted by Gasteiger charge is 2.20. The zero-order chi connectivity index (χ0) is 12.7. The van der Waals surface area contributed by atoms with Crippen molar-refractivity contribution in [1.82, 2.24) is 9.88 Å². The van der Waals surface area contributed by atoms with Crippen LogP contribution in [0.25, 0.3) is 10.9 Å². The van der Waals surface area contributed by atoms with E-state index in [-0.39, 0.29) is 0 Å². The second-order valence-electron chi connectivity index (χ2n) is 4.79. The lowest BCUT2D eigenvalue weighted by Crippen LogP contribution is -2.28. The Morgan fingerprint density at radius 1 is 1.39 bits per heavy atom. The molecule has 0 radical (unpaired) electrons. The van der Waals surface area contributed by atoms with Crippen LogP contribution < -0.4 is 10.5 Å². The molecular weight excluding hydrogens is 226 g/mol. The van der Waals surface area contributed by atoms with E-state index in [0.717, 1.165) is 47.5 Å². The minimum absolute atomic E-state index is 0.793. The molecule has 1 aliphatic rings. The Kier molecular flexibility index (Phi) is 2.59. The van der Waals surface area contributed by atoms with Gasteiger partial charge in [-0.1, -0.05) is 12.1 Å². The van der Waals surface area contributed by atoms with Crippen LogP contribution in [-0.2, 0) is 13.0 Å². The molecule has 2 heterocycles.